The van der Waals surface area contributed by atoms with Gasteiger partial charge in [0.15, 0.2) is 0 Å². The number of nitrogens with zero attached hydrogens (tertiary/aromatic N) is 3. The van der Waals surface area contributed by atoms with Crippen LogP contribution in [0.4, 0.5) is 4.79 Å². The molecule has 1 unspecified atom stereocenters. The zero-order valence-electron chi connectivity index (χ0n) is 18.0. The lowest BCUT2D eigenvalue weighted by atomic mass is 10.0. The Balaban J connectivity index is 2.20. The van der Waals surface area contributed by atoms with Crippen LogP contribution in [0.5, 0.6) is 5.75 Å². The van der Waals surface area contributed by atoms with E-state index in [1.54, 1.807) is 33.2 Å². The summed E-state index contributed by atoms with van der Waals surface area (Å²) in [7, 11) is -2.04. The Hall–Kier alpha value is -2.16. The molecule has 1 fully saturated rings. The van der Waals surface area contributed by atoms with Gasteiger partial charge in [-0.2, -0.15) is 10.00 Å². The molecule has 0 bridgehead atoms. The summed E-state index contributed by atoms with van der Waals surface area (Å²) in [6, 6.07) is -0.748. The maximum atomic E-state index is 12.8. The highest BCUT2D eigenvalue weighted by atomic mass is 28.4. The van der Waals surface area contributed by atoms with Gasteiger partial charge in [0.05, 0.1) is 12.4 Å². The van der Waals surface area contributed by atoms with Crippen LogP contribution < -0.4 is 4.43 Å². The minimum Gasteiger partial charge on any atom is -0.541 e. The number of carbonyl (C=O) groups excluding carboxylic acids is 3. The number of rotatable bonds is 3. The first kappa shape index (κ1) is 22.1. The summed E-state index contributed by atoms with van der Waals surface area (Å²) >= 11 is 0. The average molecular weight is 410 g/mol. The van der Waals surface area contributed by atoms with Crippen LogP contribution in [-0.2, 0) is 14.3 Å². The van der Waals surface area contributed by atoms with Crippen molar-refractivity contribution in [3.05, 3.63) is 12.4 Å². The van der Waals surface area contributed by atoms with Crippen LogP contribution in [0.15, 0.2) is 12.4 Å². The fraction of sp³-hybridized carbons (Fsp3) is 0.684. The second kappa shape index (κ2) is 7.34. The number of amides is 3. The molecule has 0 radical (unpaired) electrons. The fourth-order valence-corrected chi connectivity index (χ4v) is 3.50. The number of hydrogen-bond acceptors (Lipinski definition) is 6. The summed E-state index contributed by atoms with van der Waals surface area (Å²) in [5.41, 5.74) is -0.805. The van der Waals surface area contributed by atoms with E-state index in [-0.39, 0.29) is 17.9 Å². The maximum Gasteiger partial charge on any atom is 0.424 e. The Labute approximate surface area is 167 Å². The Kier molecular flexibility index (Phi) is 5.80. The van der Waals surface area contributed by atoms with E-state index in [4.69, 9.17) is 9.16 Å². The fourth-order valence-electron chi connectivity index (χ4n) is 2.50. The molecule has 156 valence electrons. The van der Waals surface area contributed by atoms with Crippen molar-refractivity contribution in [3.8, 4) is 5.75 Å². The highest BCUT2D eigenvalue weighted by Crippen LogP contribution is 2.37. The highest BCUT2D eigenvalue weighted by molar-refractivity contribution is 6.74. The Bertz CT molecular complexity index is 773. The van der Waals surface area contributed by atoms with Crippen LogP contribution in [0.1, 0.15) is 60.4 Å². The molecule has 9 heteroatoms. The van der Waals surface area contributed by atoms with E-state index < -0.39 is 37.9 Å². The van der Waals surface area contributed by atoms with Gasteiger partial charge in [-0.3, -0.25) is 14.3 Å². The van der Waals surface area contributed by atoms with Gasteiger partial charge in [-0.1, -0.05) is 20.8 Å². The topological polar surface area (TPSA) is 90.7 Å². The van der Waals surface area contributed by atoms with E-state index in [2.05, 4.69) is 39.0 Å². The smallest absolute Gasteiger partial charge is 0.424 e. The van der Waals surface area contributed by atoms with Crippen LogP contribution in [0, 0.1) is 0 Å². The molecule has 0 saturated carbocycles. The normalized spacial score (nSPS) is 19.0. The van der Waals surface area contributed by atoms with E-state index in [1.165, 1.54) is 4.68 Å². The van der Waals surface area contributed by atoms with Crippen LogP contribution >= 0.6 is 0 Å². The van der Waals surface area contributed by atoms with Gasteiger partial charge < -0.3 is 9.16 Å². The van der Waals surface area contributed by atoms with Gasteiger partial charge in [0.2, 0.25) is 5.91 Å². The Morgan fingerprint density at radius 1 is 1.18 bits per heavy atom. The second-order valence-electron chi connectivity index (χ2n) is 9.62. The van der Waals surface area contributed by atoms with Crippen LogP contribution in [0.25, 0.3) is 0 Å². The monoisotopic (exact) mass is 409 g/mol. The molecule has 2 rings (SSSR count). The van der Waals surface area contributed by atoms with Gasteiger partial charge in [0, 0.05) is 6.42 Å². The molecule has 1 atom stereocenters. The zero-order chi connectivity index (χ0) is 21.5. The molecule has 0 aromatic carbocycles. The summed E-state index contributed by atoms with van der Waals surface area (Å²) in [5.74, 6) is -0.604. The molecule has 0 aliphatic carbocycles. The second-order valence-corrected chi connectivity index (χ2v) is 14.3. The molecule has 0 N–H and O–H groups in total. The van der Waals surface area contributed by atoms with Gasteiger partial charge in [-0.15, -0.1) is 0 Å². The maximum absolute atomic E-state index is 12.8. The van der Waals surface area contributed by atoms with E-state index >= 15 is 0 Å². The summed E-state index contributed by atoms with van der Waals surface area (Å²) in [4.78, 5) is 37.9. The first-order valence-corrected chi connectivity index (χ1v) is 12.4. The summed E-state index contributed by atoms with van der Waals surface area (Å²) in [5, 5.41) is 4.28. The standard InChI is InChI=1S/C19H31N3O5Si/c1-18(2,3)26-17(25)22-15(23)10-9-14(16(22)24)21-12-13(11-20-21)27-28(7,8)19(4,5)6/h11-12,14H,9-10H2,1-8H3. The predicted molar refractivity (Wildman–Crippen MR) is 106 cm³/mol. The molecule has 1 aliphatic heterocycles. The third-order valence-corrected chi connectivity index (χ3v) is 9.40. The van der Waals surface area contributed by atoms with Crippen LogP contribution in [0.2, 0.25) is 18.1 Å². The van der Waals surface area contributed by atoms with Crippen molar-refractivity contribution in [1.29, 1.82) is 0 Å². The summed E-state index contributed by atoms with van der Waals surface area (Å²) in [6.45, 7) is 15.7. The minimum absolute atomic E-state index is 0.0235. The van der Waals surface area contributed by atoms with Gasteiger partial charge in [-0.05, 0) is 45.3 Å². The number of carbonyl (C=O) groups is 3. The lowest BCUT2D eigenvalue weighted by Crippen LogP contribution is -2.50. The molecule has 28 heavy (non-hydrogen) atoms. The molecule has 3 amide bonds. The predicted octanol–water partition coefficient (Wildman–Crippen LogP) is 3.89. The molecule has 1 aromatic heterocycles. The number of ether oxygens (including phenoxy) is 1. The number of aromatic nitrogens is 2. The van der Waals surface area contributed by atoms with Crippen molar-refractivity contribution < 1.29 is 23.5 Å². The lowest BCUT2D eigenvalue weighted by Gasteiger charge is -2.35. The SMILES string of the molecule is CC(C)(C)OC(=O)N1C(=O)CCC(n2cc(O[Si](C)(C)C(C)(C)C)cn2)C1=O. The third kappa shape index (κ3) is 4.81. The van der Waals surface area contributed by atoms with E-state index in [9.17, 15) is 14.4 Å². The molecular weight excluding hydrogens is 378 g/mol. The first-order valence-electron chi connectivity index (χ1n) is 9.45. The van der Waals surface area contributed by atoms with Gasteiger partial charge in [-0.25, -0.2) is 4.79 Å². The Morgan fingerprint density at radius 3 is 2.32 bits per heavy atom. The van der Waals surface area contributed by atoms with E-state index in [1.807, 2.05) is 0 Å². The van der Waals surface area contributed by atoms with Crippen molar-refractivity contribution in [2.75, 3.05) is 0 Å². The van der Waals surface area contributed by atoms with Crippen molar-refractivity contribution in [2.24, 2.45) is 0 Å². The van der Waals surface area contributed by atoms with Crippen molar-refractivity contribution in [2.45, 2.75) is 84.2 Å². The third-order valence-electron chi connectivity index (χ3n) is 5.04. The number of imide groups is 3. The van der Waals surface area contributed by atoms with E-state index in [0.29, 0.717) is 10.6 Å². The number of hydrogen-bond donors (Lipinski definition) is 0. The van der Waals surface area contributed by atoms with Gasteiger partial charge >= 0.3 is 6.09 Å². The summed E-state index contributed by atoms with van der Waals surface area (Å²) in [6.07, 6.45) is 2.62. The quantitative estimate of drug-likeness (QED) is 0.555. The van der Waals surface area contributed by atoms with Gasteiger partial charge in [0.1, 0.15) is 17.4 Å². The molecule has 1 saturated heterocycles. The van der Waals surface area contributed by atoms with Crippen molar-refractivity contribution in [1.82, 2.24) is 14.7 Å². The number of likely N-dealkylation sites (tertiary alicyclic amines) is 1. The molecule has 8 nitrogen and oxygen atoms in total. The molecule has 1 aliphatic rings. The van der Waals surface area contributed by atoms with Crippen molar-refractivity contribution >= 4 is 26.2 Å². The number of piperidine rings is 1. The zero-order valence-corrected chi connectivity index (χ0v) is 19.0. The summed E-state index contributed by atoms with van der Waals surface area (Å²) < 4.78 is 12.9. The average Bonchev–Trinajstić information content (AvgIpc) is 2.91. The first-order chi connectivity index (χ1) is 12.6. The van der Waals surface area contributed by atoms with Gasteiger partial charge in [0.25, 0.3) is 14.2 Å². The highest BCUT2D eigenvalue weighted by Gasteiger charge is 2.43. The Morgan fingerprint density at radius 2 is 1.79 bits per heavy atom. The molecular formula is C19H31N3O5Si. The molecule has 1 aromatic rings. The molecule has 0 spiro atoms. The van der Waals surface area contributed by atoms with Crippen molar-refractivity contribution in [3.63, 3.8) is 0 Å². The lowest BCUT2D eigenvalue weighted by molar-refractivity contribution is -0.149. The van der Waals surface area contributed by atoms with Crippen LogP contribution in [-0.4, -0.2) is 46.5 Å². The van der Waals surface area contributed by atoms with Crippen LogP contribution in [0.3, 0.4) is 0 Å². The minimum atomic E-state index is -2.04. The van der Waals surface area contributed by atoms with E-state index in [0.717, 1.165) is 0 Å². The molecule has 2 heterocycles. The largest absolute Gasteiger partial charge is 0.541 e.